The molecule has 2 aliphatic rings. The van der Waals surface area contributed by atoms with Crippen LogP contribution in [0.2, 0.25) is 0 Å². The zero-order valence-electron chi connectivity index (χ0n) is 30.8. The fourth-order valence-corrected chi connectivity index (χ4v) is 8.55. The summed E-state index contributed by atoms with van der Waals surface area (Å²) >= 11 is 0. The molecule has 7 aromatic carbocycles. The lowest BCUT2D eigenvalue weighted by Gasteiger charge is -2.28. The van der Waals surface area contributed by atoms with Crippen molar-refractivity contribution in [1.29, 1.82) is 0 Å². The molecular weight excluding hydrogens is 639 g/mol. The van der Waals surface area contributed by atoms with Crippen LogP contribution in [0.1, 0.15) is 61.1 Å². The van der Waals surface area contributed by atoms with E-state index in [-0.39, 0.29) is 10.8 Å². The summed E-state index contributed by atoms with van der Waals surface area (Å²) in [5, 5.41) is 0. The van der Waals surface area contributed by atoms with E-state index in [9.17, 15) is 0 Å². The van der Waals surface area contributed by atoms with Gasteiger partial charge in [0.25, 0.3) is 0 Å². The normalized spacial score (nSPS) is 14.9. The molecule has 256 valence electrons. The molecule has 0 unspecified atom stereocenters. The molecular formula is C52H43N. The molecule has 2 aliphatic carbocycles. The Morgan fingerprint density at radius 1 is 0.302 bits per heavy atom. The highest BCUT2D eigenvalue weighted by Gasteiger charge is 2.34. The third-order valence-corrected chi connectivity index (χ3v) is 11.5. The van der Waals surface area contributed by atoms with Gasteiger partial charge in [-0.1, -0.05) is 167 Å². The summed E-state index contributed by atoms with van der Waals surface area (Å²) in [6.07, 6.45) is 4.72. The number of allylic oxidation sites excluding steroid dienone is 2. The van der Waals surface area contributed by atoms with Gasteiger partial charge in [-0.15, -0.1) is 0 Å². The van der Waals surface area contributed by atoms with E-state index in [1.54, 1.807) is 0 Å². The minimum atomic E-state index is -0.0473. The molecule has 53 heavy (non-hydrogen) atoms. The van der Waals surface area contributed by atoms with E-state index < -0.39 is 0 Å². The van der Waals surface area contributed by atoms with Crippen molar-refractivity contribution >= 4 is 40.4 Å². The summed E-state index contributed by atoms with van der Waals surface area (Å²) in [6.45, 7) is 9.33. The number of benzene rings is 7. The van der Waals surface area contributed by atoms with Gasteiger partial charge >= 0.3 is 0 Å². The molecule has 0 bridgehead atoms. The first-order valence-corrected chi connectivity index (χ1v) is 18.7. The molecule has 0 atom stereocenters. The molecule has 1 nitrogen and oxygen atoms in total. The van der Waals surface area contributed by atoms with Gasteiger partial charge in [-0.25, -0.2) is 0 Å². The Bertz CT molecular complexity index is 2490. The molecule has 0 aliphatic heterocycles. The number of anilines is 3. The van der Waals surface area contributed by atoms with Crippen molar-refractivity contribution in [2.75, 3.05) is 4.90 Å². The van der Waals surface area contributed by atoms with Crippen molar-refractivity contribution in [3.63, 3.8) is 0 Å². The Kier molecular flexibility index (Phi) is 7.90. The molecule has 0 spiro atoms. The Balaban J connectivity index is 1.03. The van der Waals surface area contributed by atoms with Crippen LogP contribution < -0.4 is 4.90 Å². The standard InChI is InChI=1S/C52H43N/c1-51(2)47-16-10-8-14-42(47)34-49(51)40-20-18-37(19-21-40)39-24-30-45(31-25-39)53(44-28-22-38(23-29-44)36-12-6-5-7-13-36)46-32-26-41(27-33-46)50-35-43-15-9-11-17-48(43)52(50,3)4/h5-35H,1-4H3. The van der Waals surface area contributed by atoms with Crippen LogP contribution in [0.15, 0.2) is 176 Å². The van der Waals surface area contributed by atoms with Crippen LogP contribution in [0.25, 0.3) is 45.6 Å². The van der Waals surface area contributed by atoms with Crippen LogP contribution in [0.4, 0.5) is 17.1 Å². The van der Waals surface area contributed by atoms with Crippen molar-refractivity contribution in [3.8, 4) is 22.3 Å². The first-order valence-electron chi connectivity index (χ1n) is 18.7. The van der Waals surface area contributed by atoms with E-state index in [0.717, 1.165) is 17.1 Å². The number of nitrogens with zero attached hydrogens (tertiary/aromatic N) is 1. The second kappa shape index (κ2) is 12.8. The monoisotopic (exact) mass is 681 g/mol. The van der Waals surface area contributed by atoms with E-state index in [0.29, 0.717) is 0 Å². The van der Waals surface area contributed by atoms with Crippen LogP contribution in [0.3, 0.4) is 0 Å². The third-order valence-electron chi connectivity index (χ3n) is 11.5. The fraction of sp³-hybridized carbons (Fsp3) is 0.115. The second-order valence-corrected chi connectivity index (χ2v) is 15.5. The van der Waals surface area contributed by atoms with Gasteiger partial charge in [0, 0.05) is 27.9 Å². The van der Waals surface area contributed by atoms with Gasteiger partial charge in [0.1, 0.15) is 0 Å². The Morgan fingerprint density at radius 3 is 1.00 bits per heavy atom. The number of rotatable bonds is 7. The minimum Gasteiger partial charge on any atom is -0.311 e. The third kappa shape index (κ3) is 5.74. The largest absolute Gasteiger partial charge is 0.311 e. The highest BCUT2D eigenvalue weighted by atomic mass is 15.1. The molecule has 0 radical (unpaired) electrons. The van der Waals surface area contributed by atoms with E-state index >= 15 is 0 Å². The lowest BCUT2D eigenvalue weighted by molar-refractivity contribution is 0.704. The fourth-order valence-electron chi connectivity index (χ4n) is 8.55. The summed E-state index contributed by atoms with van der Waals surface area (Å²) in [5.41, 5.74) is 18.8. The maximum Gasteiger partial charge on any atom is 0.0462 e. The Labute approximate surface area is 314 Å². The summed E-state index contributed by atoms with van der Waals surface area (Å²) in [4.78, 5) is 2.36. The molecule has 0 heterocycles. The molecule has 0 fully saturated rings. The number of hydrogen-bond donors (Lipinski definition) is 0. The summed E-state index contributed by atoms with van der Waals surface area (Å²) < 4.78 is 0. The van der Waals surface area contributed by atoms with Gasteiger partial charge in [0.2, 0.25) is 0 Å². The second-order valence-electron chi connectivity index (χ2n) is 15.5. The molecule has 0 amide bonds. The van der Waals surface area contributed by atoms with Crippen molar-refractivity contribution in [2.24, 2.45) is 0 Å². The van der Waals surface area contributed by atoms with Crippen LogP contribution in [-0.4, -0.2) is 0 Å². The Morgan fingerprint density at radius 2 is 0.604 bits per heavy atom. The van der Waals surface area contributed by atoms with E-state index in [2.05, 4.69) is 221 Å². The van der Waals surface area contributed by atoms with Gasteiger partial charge in [-0.05, 0) is 115 Å². The molecule has 0 saturated carbocycles. The lowest BCUT2D eigenvalue weighted by Crippen LogP contribution is -2.16. The highest BCUT2D eigenvalue weighted by molar-refractivity contribution is 5.95. The smallest absolute Gasteiger partial charge is 0.0462 e. The van der Waals surface area contributed by atoms with Crippen LogP contribution in [-0.2, 0) is 10.8 Å². The zero-order chi connectivity index (χ0) is 36.2. The summed E-state index contributed by atoms with van der Waals surface area (Å²) in [6, 6.07) is 64.3. The van der Waals surface area contributed by atoms with Crippen molar-refractivity contribution in [1.82, 2.24) is 0 Å². The topological polar surface area (TPSA) is 3.24 Å². The average Bonchev–Trinajstić information content (AvgIpc) is 3.64. The summed E-state index contributed by atoms with van der Waals surface area (Å²) in [5.74, 6) is 0. The summed E-state index contributed by atoms with van der Waals surface area (Å²) in [7, 11) is 0. The maximum absolute atomic E-state index is 2.36. The van der Waals surface area contributed by atoms with E-state index in [4.69, 9.17) is 0 Å². The minimum absolute atomic E-state index is 0.0179. The predicted octanol–water partition coefficient (Wildman–Crippen LogP) is 14.2. The van der Waals surface area contributed by atoms with E-state index in [1.807, 2.05) is 0 Å². The molecule has 0 aromatic heterocycles. The molecule has 0 saturated heterocycles. The average molecular weight is 682 g/mol. The van der Waals surface area contributed by atoms with Crippen LogP contribution in [0.5, 0.6) is 0 Å². The number of fused-ring (bicyclic) bond motifs is 2. The predicted molar refractivity (Wildman–Crippen MR) is 227 cm³/mol. The zero-order valence-corrected chi connectivity index (χ0v) is 30.8. The van der Waals surface area contributed by atoms with E-state index in [1.165, 1.54) is 66.8 Å². The first-order chi connectivity index (χ1) is 25.8. The van der Waals surface area contributed by atoms with Crippen molar-refractivity contribution in [3.05, 3.63) is 209 Å². The SMILES string of the molecule is CC1(C)C(c2ccc(-c3ccc(N(c4ccc(C5=Cc6ccccc6C5(C)C)cc4)c4ccc(-c5ccccc5)cc4)cc3)cc2)=Cc2ccccc21. The van der Waals surface area contributed by atoms with Crippen molar-refractivity contribution < 1.29 is 0 Å². The van der Waals surface area contributed by atoms with Crippen LogP contribution in [0, 0.1) is 0 Å². The van der Waals surface area contributed by atoms with Gasteiger partial charge in [-0.2, -0.15) is 0 Å². The quantitative estimate of drug-likeness (QED) is 0.162. The van der Waals surface area contributed by atoms with Gasteiger partial charge in [-0.3, -0.25) is 0 Å². The van der Waals surface area contributed by atoms with Gasteiger partial charge in [0.05, 0.1) is 0 Å². The van der Waals surface area contributed by atoms with Crippen LogP contribution >= 0.6 is 0 Å². The molecule has 9 rings (SSSR count). The molecule has 1 heteroatoms. The number of hydrogen-bond acceptors (Lipinski definition) is 1. The van der Waals surface area contributed by atoms with Crippen molar-refractivity contribution in [2.45, 2.75) is 38.5 Å². The maximum atomic E-state index is 2.36. The lowest BCUT2D eigenvalue weighted by atomic mass is 9.78. The highest BCUT2D eigenvalue weighted by Crippen LogP contribution is 2.48. The van der Waals surface area contributed by atoms with Gasteiger partial charge < -0.3 is 4.90 Å². The first kappa shape index (κ1) is 32.7. The Hall–Kier alpha value is -6.18. The molecule has 0 N–H and O–H groups in total. The van der Waals surface area contributed by atoms with Gasteiger partial charge in [0.15, 0.2) is 0 Å². The molecule has 7 aromatic rings.